The third-order valence-electron chi connectivity index (χ3n) is 3.32. The summed E-state index contributed by atoms with van der Waals surface area (Å²) >= 11 is 1.79. The van der Waals surface area contributed by atoms with E-state index < -0.39 is 0 Å². The number of hydrogen-bond donors (Lipinski definition) is 0. The van der Waals surface area contributed by atoms with Gasteiger partial charge in [0.1, 0.15) is 0 Å². The molecule has 0 fully saturated rings. The Morgan fingerprint density at radius 1 is 1.09 bits per heavy atom. The van der Waals surface area contributed by atoms with Gasteiger partial charge in [-0.2, -0.15) is 11.8 Å². The monoisotopic (exact) mass is 320 g/mol. The van der Waals surface area contributed by atoms with Gasteiger partial charge in [-0.15, -0.1) is 0 Å². The van der Waals surface area contributed by atoms with Gasteiger partial charge in [0.2, 0.25) is 0 Å². The molecule has 0 radical (unpaired) electrons. The fourth-order valence-corrected chi connectivity index (χ4v) is 2.84. The Kier molecular flexibility index (Phi) is 11.5. The number of carbonyl (C=O) groups is 1. The average Bonchev–Trinajstić information content (AvgIpc) is 2.54. The van der Waals surface area contributed by atoms with Crippen LogP contribution in [-0.2, 0) is 15.3 Å². The van der Waals surface area contributed by atoms with Crippen LogP contribution in [0.1, 0.15) is 51.0 Å². The van der Waals surface area contributed by atoms with Crippen molar-refractivity contribution < 1.29 is 9.53 Å². The van der Waals surface area contributed by atoms with Crippen molar-refractivity contribution >= 4 is 17.7 Å². The second kappa shape index (κ2) is 13.4. The van der Waals surface area contributed by atoms with Gasteiger partial charge in [-0.05, 0) is 12.0 Å². The Balaban J connectivity index is 1.95. The van der Waals surface area contributed by atoms with Crippen molar-refractivity contribution in [3.05, 3.63) is 48.0 Å². The van der Waals surface area contributed by atoms with Crippen LogP contribution in [0.3, 0.4) is 0 Å². The minimum Gasteiger partial charge on any atom is -0.463 e. The summed E-state index contributed by atoms with van der Waals surface area (Å²) in [7, 11) is 0. The van der Waals surface area contributed by atoms with Gasteiger partial charge >= 0.3 is 5.97 Å². The minimum atomic E-state index is -0.214. The van der Waals surface area contributed by atoms with E-state index in [9.17, 15) is 4.79 Å². The zero-order valence-electron chi connectivity index (χ0n) is 13.6. The zero-order valence-corrected chi connectivity index (χ0v) is 14.4. The maximum atomic E-state index is 11.5. The minimum absolute atomic E-state index is 0.214. The van der Waals surface area contributed by atoms with Crippen molar-refractivity contribution in [2.75, 3.05) is 12.4 Å². The van der Waals surface area contributed by atoms with E-state index in [2.05, 4.69) is 19.1 Å². The van der Waals surface area contributed by atoms with E-state index in [1.165, 1.54) is 31.2 Å². The lowest BCUT2D eigenvalue weighted by Gasteiger charge is -2.02. The smallest absolute Gasteiger partial charge is 0.330 e. The first-order chi connectivity index (χ1) is 10.8. The van der Waals surface area contributed by atoms with Crippen LogP contribution < -0.4 is 0 Å². The van der Waals surface area contributed by atoms with Gasteiger partial charge in [0.25, 0.3) is 0 Å². The molecule has 0 aliphatic heterocycles. The molecule has 0 aliphatic carbocycles. The van der Waals surface area contributed by atoms with Crippen molar-refractivity contribution in [1.29, 1.82) is 0 Å². The van der Waals surface area contributed by atoms with Crippen LogP contribution in [0, 0.1) is 0 Å². The maximum absolute atomic E-state index is 11.5. The Labute approximate surface area is 139 Å². The quantitative estimate of drug-likeness (QED) is 0.294. The van der Waals surface area contributed by atoms with E-state index in [1.54, 1.807) is 17.8 Å². The molecule has 0 bridgehead atoms. The van der Waals surface area contributed by atoms with Gasteiger partial charge in [0.05, 0.1) is 6.61 Å². The zero-order chi connectivity index (χ0) is 15.9. The predicted molar refractivity (Wildman–Crippen MR) is 96.1 cm³/mol. The van der Waals surface area contributed by atoms with Gasteiger partial charge < -0.3 is 4.74 Å². The molecule has 0 saturated carbocycles. The van der Waals surface area contributed by atoms with Gasteiger partial charge in [0.15, 0.2) is 0 Å². The number of unbranched alkanes of at least 4 members (excludes halogenated alkanes) is 5. The maximum Gasteiger partial charge on any atom is 0.330 e. The molecule has 0 aromatic heterocycles. The van der Waals surface area contributed by atoms with Crippen LogP contribution in [0.4, 0.5) is 0 Å². The molecule has 22 heavy (non-hydrogen) atoms. The molecule has 0 spiro atoms. The molecule has 0 atom stereocenters. The molecular weight excluding hydrogens is 292 g/mol. The summed E-state index contributed by atoms with van der Waals surface area (Å²) in [5.74, 6) is 1.59. The molecular formula is C19H28O2S. The largest absolute Gasteiger partial charge is 0.463 e. The van der Waals surface area contributed by atoms with Gasteiger partial charge in [-0.1, -0.05) is 75.4 Å². The number of ether oxygens (including phenoxy) is 1. The third-order valence-corrected chi connectivity index (χ3v) is 4.29. The first kappa shape index (κ1) is 18.8. The summed E-state index contributed by atoms with van der Waals surface area (Å²) in [6.07, 6.45) is 10.7. The second-order valence-corrected chi connectivity index (χ2v) is 6.37. The van der Waals surface area contributed by atoms with Crippen LogP contribution in [0.5, 0.6) is 0 Å². The summed E-state index contributed by atoms with van der Waals surface area (Å²) in [5, 5.41) is 0. The standard InChI is InChI=1S/C19H28O2S/c1-2-3-4-5-6-10-15-21-19(20)14-11-16-22-17-18-12-8-7-9-13-18/h7-9,11-14H,2-6,10,15-17H2,1H3/b14-11+. The molecule has 3 heteroatoms. The molecule has 0 unspecified atom stereocenters. The van der Waals surface area contributed by atoms with Gasteiger partial charge in [-0.3, -0.25) is 0 Å². The molecule has 0 N–H and O–H groups in total. The van der Waals surface area contributed by atoms with E-state index in [1.807, 2.05) is 24.3 Å². The van der Waals surface area contributed by atoms with Gasteiger partial charge in [-0.25, -0.2) is 4.79 Å². The molecule has 1 rings (SSSR count). The molecule has 0 amide bonds. The number of benzene rings is 1. The van der Waals surface area contributed by atoms with Crippen LogP contribution in [-0.4, -0.2) is 18.3 Å². The highest BCUT2D eigenvalue weighted by molar-refractivity contribution is 7.98. The first-order valence-electron chi connectivity index (χ1n) is 8.28. The van der Waals surface area contributed by atoms with Crippen molar-refractivity contribution in [3.8, 4) is 0 Å². The normalized spacial score (nSPS) is 11.0. The lowest BCUT2D eigenvalue weighted by Crippen LogP contribution is -2.02. The summed E-state index contributed by atoms with van der Waals surface area (Å²) in [5.41, 5.74) is 1.31. The van der Waals surface area contributed by atoms with E-state index in [-0.39, 0.29) is 5.97 Å². The van der Waals surface area contributed by atoms with Crippen LogP contribution in [0.25, 0.3) is 0 Å². The van der Waals surface area contributed by atoms with Crippen LogP contribution in [0.15, 0.2) is 42.5 Å². The molecule has 122 valence electrons. The highest BCUT2D eigenvalue weighted by atomic mass is 32.2. The van der Waals surface area contributed by atoms with Crippen LogP contribution >= 0.6 is 11.8 Å². The summed E-state index contributed by atoms with van der Waals surface area (Å²) in [6, 6.07) is 10.3. The predicted octanol–water partition coefficient (Wildman–Crippen LogP) is 5.38. The van der Waals surface area contributed by atoms with E-state index >= 15 is 0 Å². The van der Waals surface area contributed by atoms with Crippen molar-refractivity contribution in [2.45, 2.75) is 51.2 Å². The summed E-state index contributed by atoms with van der Waals surface area (Å²) < 4.78 is 5.18. The van der Waals surface area contributed by atoms with Crippen molar-refractivity contribution in [2.24, 2.45) is 0 Å². The fraction of sp³-hybridized carbons (Fsp3) is 0.526. The number of rotatable bonds is 12. The molecule has 0 heterocycles. The highest BCUT2D eigenvalue weighted by Crippen LogP contribution is 2.11. The van der Waals surface area contributed by atoms with E-state index in [0.717, 1.165) is 24.3 Å². The number of thioether (sulfide) groups is 1. The summed E-state index contributed by atoms with van der Waals surface area (Å²) in [6.45, 7) is 2.76. The second-order valence-electron chi connectivity index (χ2n) is 5.34. The van der Waals surface area contributed by atoms with Crippen molar-refractivity contribution in [3.63, 3.8) is 0 Å². The molecule has 0 aliphatic rings. The Bertz CT molecular complexity index is 415. The topological polar surface area (TPSA) is 26.3 Å². The lowest BCUT2D eigenvalue weighted by atomic mass is 10.1. The molecule has 2 nitrogen and oxygen atoms in total. The van der Waals surface area contributed by atoms with E-state index in [4.69, 9.17) is 4.74 Å². The molecule has 1 aromatic rings. The highest BCUT2D eigenvalue weighted by Gasteiger charge is 1.97. The Hall–Kier alpha value is -1.22. The average molecular weight is 320 g/mol. The molecule has 1 aromatic carbocycles. The Morgan fingerprint density at radius 2 is 1.82 bits per heavy atom. The lowest BCUT2D eigenvalue weighted by molar-refractivity contribution is -0.137. The SMILES string of the molecule is CCCCCCCCOC(=O)/C=C/CSCc1ccccc1. The number of carbonyl (C=O) groups excluding carboxylic acids is 1. The van der Waals surface area contributed by atoms with Gasteiger partial charge in [0, 0.05) is 17.6 Å². The molecule has 0 saturated heterocycles. The number of hydrogen-bond acceptors (Lipinski definition) is 3. The van der Waals surface area contributed by atoms with Crippen LogP contribution in [0.2, 0.25) is 0 Å². The fourth-order valence-electron chi connectivity index (χ4n) is 2.07. The Morgan fingerprint density at radius 3 is 2.59 bits per heavy atom. The number of esters is 1. The first-order valence-corrected chi connectivity index (χ1v) is 9.43. The third kappa shape index (κ3) is 10.5. The van der Waals surface area contributed by atoms with Crippen molar-refractivity contribution in [1.82, 2.24) is 0 Å². The summed E-state index contributed by atoms with van der Waals surface area (Å²) in [4.78, 5) is 11.5. The van der Waals surface area contributed by atoms with E-state index in [0.29, 0.717) is 6.61 Å².